The van der Waals surface area contributed by atoms with Gasteiger partial charge in [-0.05, 0) is 342 Å². The first-order chi connectivity index (χ1) is 59.6. The summed E-state index contributed by atoms with van der Waals surface area (Å²) in [6.07, 6.45) is 14.5. The van der Waals surface area contributed by atoms with Gasteiger partial charge in [-0.25, -0.2) is 0 Å². The number of rotatable bonds is 8. The Hall–Kier alpha value is -9.78. The minimum Gasteiger partial charge on any atom is -0.399 e. The van der Waals surface area contributed by atoms with Gasteiger partial charge in [0.2, 0.25) is 0 Å². The Morgan fingerprint density at radius 1 is 0.258 bits per heavy atom. The van der Waals surface area contributed by atoms with E-state index in [1.807, 2.05) is 0 Å². The van der Waals surface area contributed by atoms with Crippen molar-refractivity contribution in [3.8, 4) is 33.4 Å². The Morgan fingerprint density at radius 3 is 0.952 bits per heavy atom. The van der Waals surface area contributed by atoms with Crippen LogP contribution >= 0.6 is 47.8 Å². The molecule has 0 amide bonds. The van der Waals surface area contributed by atoms with Crippen LogP contribution in [0.25, 0.3) is 98.0 Å². The molecule has 10 heteroatoms. The Bertz CT molecular complexity index is 6900. The van der Waals surface area contributed by atoms with Crippen LogP contribution in [0.1, 0.15) is 182 Å². The summed E-state index contributed by atoms with van der Waals surface area (Å²) >= 11 is 11.0. The van der Waals surface area contributed by atoms with Gasteiger partial charge in [0.25, 0.3) is 0 Å². The van der Waals surface area contributed by atoms with Crippen molar-refractivity contribution < 1.29 is 9.31 Å². The maximum Gasteiger partial charge on any atom is 0.494 e. The number of hydrogen-bond donors (Lipinski definition) is 0. The van der Waals surface area contributed by atoms with Crippen LogP contribution < -0.4 is 25.1 Å². The third-order valence-corrected chi connectivity index (χ3v) is 36.4. The Morgan fingerprint density at radius 2 is 0.556 bits per heavy atom. The van der Waals surface area contributed by atoms with Gasteiger partial charge in [0.15, 0.2) is 0 Å². The van der Waals surface area contributed by atoms with E-state index in [1.165, 1.54) is 243 Å². The number of para-hydroxylation sites is 4. The van der Waals surface area contributed by atoms with Crippen LogP contribution in [0.3, 0.4) is 0 Å². The molecule has 0 radical (unpaired) electrons. The van der Waals surface area contributed by atoms with Crippen molar-refractivity contribution in [3.63, 3.8) is 0 Å². The monoisotopic (exact) mass is 1810 g/mol. The van der Waals surface area contributed by atoms with Crippen molar-refractivity contribution in [2.75, 3.05) is 19.6 Å². The van der Waals surface area contributed by atoms with Crippen molar-refractivity contribution in [1.82, 2.24) is 0 Å². The highest BCUT2D eigenvalue weighted by molar-refractivity contribution is 9.11. The second-order valence-electron chi connectivity index (χ2n) is 40.5. The summed E-state index contributed by atoms with van der Waals surface area (Å²) in [5, 5.41) is 15.8. The normalized spacial score (nSPS) is 26.4. The molecule has 1 saturated heterocycles. The van der Waals surface area contributed by atoms with Gasteiger partial charge in [0, 0.05) is 80.6 Å². The smallest absolute Gasteiger partial charge is 0.399 e. The molecule has 0 aromatic heterocycles. The lowest BCUT2D eigenvalue weighted by molar-refractivity contribution is 0.00578. The van der Waals surface area contributed by atoms with Gasteiger partial charge in [-0.3, -0.25) is 0 Å². The van der Waals surface area contributed by atoms with Gasteiger partial charge in [-0.2, -0.15) is 0 Å². The van der Waals surface area contributed by atoms with E-state index >= 15 is 0 Å². The van der Waals surface area contributed by atoms with Crippen LogP contribution in [-0.4, -0.2) is 40.5 Å². The zero-order valence-electron chi connectivity index (χ0n) is 73.4. The summed E-state index contributed by atoms with van der Waals surface area (Å²) in [6.45, 7) is 28.6. The molecule has 0 N–H and O–H groups in total. The number of halogens is 3. The topological polar surface area (TPSA) is 31.4 Å². The summed E-state index contributed by atoms with van der Waals surface area (Å²) in [5.41, 5.74) is 25.2. The van der Waals surface area contributed by atoms with Crippen molar-refractivity contribution >= 4 is 171 Å². The van der Waals surface area contributed by atoms with Gasteiger partial charge in [-0.1, -0.05) is 271 Å². The largest absolute Gasteiger partial charge is 0.494 e. The molecule has 16 aromatic rings. The van der Waals surface area contributed by atoms with Gasteiger partial charge in [0.05, 0.1) is 33.4 Å². The fraction of sp³-hybridized carbons (Fsp3) is 0.298. The first-order valence-corrected chi connectivity index (χ1v) is 47.8. The lowest BCUT2D eigenvalue weighted by atomic mass is 9.70. The van der Waals surface area contributed by atoms with Gasteiger partial charge < -0.3 is 28.9 Å². The van der Waals surface area contributed by atoms with E-state index in [2.05, 4.69) is 430 Å². The van der Waals surface area contributed by atoms with Crippen LogP contribution in [0.2, 0.25) is 0 Å². The highest BCUT2D eigenvalue weighted by atomic mass is 79.9. The van der Waals surface area contributed by atoms with E-state index in [-0.39, 0.29) is 62.1 Å². The zero-order valence-corrected chi connectivity index (χ0v) is 78.1. The molecule has 618 valence electrons. The number of nitrogens with zero attached hydrogens (tertiary/aromatic N) is 4. The molecule has 0 spiro atoms. The molecule has 8 atom stereocenters. The lowest BCUT2D eigenvalue weighted by Gasteiger charge is -2.42. The second-order valence-corrected chi connectivity index (χ2v) is 43.1. The van der Waals surface area contributed by atoms with Crippen LogP contribution in [0.15, 0.2) is 292 Å². The second kappa shape index (κ2) is 27.6. The quantitative estimate of drug-likeness (QED) is 0.111. The average molecular weight is 1810 g/mol. The lowest BCUT2D eigenvalue weighted by Crippen LogP contribution is -2.48. The number of hydrogen-bond acceptors (Lipinski definition) is 6. The molecule has 9 aliphatic rings. The van der Waals surface area contributed by atoms with E-state index in [4.69, 9.17) is 9.31 Å². The van der Waals surface area contributed by atoms with Crippen LogP contribution in [-0.2, 0) is 31.0 Å². The molecule has 16 aromatic carbocycles. The molecule has 0 bridgehead atoms. The van der Waals surface area contributed by atoms with E-state index in [0.717, 1.165) is 18.9 Å². The first kappa shape index (κ1) is 78.9. The molecule has 124 heavy (non-hydrogen) atoms. The van der Waals surface area contributed by atoms with Crippen LogP contribution in [0.4, 0.5) is 45.5 Å². The minimum atomic E-state index is -0.321. The standard InChI is InChI=1S/C73H67N3.C25H32BNO2.C16H7Br3/c1-68-37-16-40-71(68,4)74(51-19-10-7-11-20-51)63-34-27-48(43-60(63)68)54-30-25-47-26-31-56-58(49-28-35-64-61(44-49)69(2)38-17-41-72(69,5)75(64)52-21-12-8-13-22-52)46-59(57-33-32-55(54)66(47)67(56)57)50-29-36-65-62(45-50)70(3)39-18-42-73(70,6)76(65)53-23-14-9-15-24-53;1-22(2)23(3,4)29-26(28-22)18-13-14-21-20(17-18)24(5)15-10-16-25(24,6)27(21)19-11-8-7-9-12-19;17-12-6-2-8-1-3-10-13(18)7-14(19)11-5-4-9(12)15(8)16(10)11/h7-15,19-36,43-46H,16-18,37-42H2,1-6H3;7-9,11-14,17H,10,15-16H2,1-6H3;1-7H. The molecule has 6 nitrogen and oxygen atoms in total. The summed E-state index contributed by atoms with van der Waals surface area (Å²) in [7, 11) is -0.313. The third kappa shape index (κ3) is 10.8. The van der Waals surface area contributed by atoms with E-state index in [9.17, 15) is 0 Å². The van der Waals surface area contributed by atoms with Crippen molar-refractivity contribution in [2.24, 2.45) is 0 Å². The van der Waals surface area contributed by atoms with Crippen molar-refractivity contribution in [2.45, 2.75) is 215 Å². The van der Waals surface area contributed by atoms with Crippen molar-refractivity contribution in [3.05, 3.63) is 315 Å². The molecule has 4 saturated carbocycles. The van der Waals surface area contributed by atoms with Gasteiger partial charge in [0.1, 0.15) is 0 Å². The molecule has 5 fully saturated rings. The van der Waals surface area contributed by atoms with Crippen LogP contribution in [0, 0.1) is 0 Å². The number of anilines is 8. The van der Waals surface area contributed by atoms with Gasteiger partial charge >= 0.3 is 7.12 Å². The van der Waals surface area contributed by atoms with E-state index < -0.39 is 0 Å². The first-order valence-electron chi connectivity index (χ1n) is 45.5. The highest BCUT2D eigenvalue weighted by Crippen LogP contribution is 2.68. The average Bonchev–Trinajstić information content (AvgIpc) is 1.47. The Kier molecular flexibility index (Phi) is 17.6. The summed E-state index contributed by atoms with van der Waals surface area (Å²) in [4.78, 5) is 10.7. The molecular weight excluding hydrogens is 1710 g/mol. The molecular formula is C114H106BBr3N4O2. The molecule has 25 rings (SSSR count). The minimum absolute atomic E-state index is 0.00633. The zero-order chi connectivity index (χ0) is 84.9. The molecule has 5 heterocycles. The van der Waals surface area contributed by atoms with E-state index in [0.29, 0.717) is 0 Å². The maximum atomic E-state index is 6.35. The number of fused-ring (bicyclic) bond motifs is 12. The molecule has 4 aliphatic carbocycles. The number of benzene rings is 16. The van der Waals surface area contributed by atoms with E-state index in [1.54, 1.807) is 0 Å². The predicted molar refractivity (Wildman–Crippen MR) is 535 cm³/mol. The Balaban J connectivity index is 0.000000149. The Labute approximate surface area is 756 Å². The van der Waals surface area contributed by atoms with Gasteiger partial charge in [-0.15, -0.1) is 0 Å². The van der Waals surface area contributed by atoms with Crippen LogP contribution in [0.5, 0.6) is 0 Å². The summed E-state index contributed by atoms with van der Waals surface area (Å²) < 4.78 is 16.1. The molecule has 5 aliphatic heterocycles. The highest BCUT2D eigenvalue weighted by Gasteiger charge is 2.64. The fourth-order valence-corrected chi connectivity index (χ4v) is 28.2. The summed E-state index contributed by atoms with van der Waals surface area (Å²) in [5.74, 6) is 0. The molecule has 8 unspecified atom stereocenters. The maximum absolute atomic E-state index is 6.35. The predicted octanol–water partition coefficient (Wildman–Crippen LogP) is 31.9. The fourth-order valence-electron chi connectivity index (χ4n) is 26.3. The third-order valence-electron chi connectivity index (χ3n) is 34.4. The van der Waals surface area contributed by atoms with Crippen molar-refractivity contribution in [1.29, 1.82) is 0 Å². The SMILES string of the molecule is Brc1ccc2ccc3c(Br)cc(Br)c4ccc1c2c34.CC1(C)OB(c2ccc3c(c2)C2(C)CCCC2(C)N3c2ccccc2)OC1(C)C.CC12CCCC1(C)N(c1ccccc1)c1ccc(-c3ccc4ccc5c(-c6ccc7c(c6)C6(C)CCCC6(C)N7c6ccccc6)cc(-c6ccc7c(c6)C6(C)CCCC6(C)N7c6ccccc6)c6ccc3c4c56)cc12. The summed E-state index contributed by atoms with van der Waals surface area (Å²) in [6, 6.07) is 106.